The summed E-state index contributed by atoms with van der Waals surface area (Å²) in [6.07, 6.45) is 0. The number of hydrogen-bond acceptors (Lipinski definition) is 1. The third-order valence-corrected chi connectivity index (χ3v) is 2.75. The maximum atomic E-state index is 9.72. The molecule has 13 heavy (non-hydrogen) atoms. The van der Waals surface area contributed by atoms with Crippen molar-refractivity contribution < 1.29 is 5.11 Å². The summed E-state index contributed by atoms with van der Waals surface area (Å²) >= 11 is 8.06. The zero-order valence-electron chi connectivity index (χ0n) is 7.86. The van der Waals surface area contributed by atoms with Crippen LogP contribution in [0, 0.1) is 3.57 Å². The highest BCUT2D eigenvalue weighted by Gasteiger charge is 2.20. The van der Waals surface area contributed by atoms with Gasteiger partial charge in [0, 0.05) is 9.13 Å². The molecule has 0 amide bonds. The number of halogens is 2. The summed E-state index contributed by atoms with van der Waals surface area (Å²) in [5, 5.41) is 10.1. The van der Waals surface area contributed by atoms with Crippen LogP contribution in [0.1, 0.15) is 26.3 Å². The van der Waals surface area contributed by atoms with Gasteiger partial charge >= 0.3 is 0 Å². The van der Waals surface area contributed by atoms with Crippen LogP contribution in [-0.4, -0.2) is 5.11 Å². The Morgan fingerprint density at radius 2 is 1.85 bits per heavy atom. The van der Waals surface area contributed by atoms with Crippen LogP contribution < -0.4 is 0 Å². The molecule has 0 spiro atoms. The molecule has 3 heteroatoms. The van der Waals surface area contributed by atoms with Gasteiger partial charge in [-0.1, -0.05) is 32.4 Å². The Kier molecular flexibility index (Phi) is 3.12. The van der Waals surface area contributed by atoms with Crippen molar-refractivity contribution in [3.63, 3.8) is 0 Å². The van der Waals surface area contributed by atoms with E-state index in [2.05, 4.69) is 43.4 Å². The molecule has 0 aliphatic heterocycles. The molecule has 72 valence electrons. The molecule has 0 aromatic heterocycles. The van der Waals surface area contributed by atoms with E-state index in [1.54, 1.807) is 6.07 Å². The van der Waals surface area contributed by atoms with Crippen LogP contribution in [0.2, 0.25) is 5.02 Å². The van der Waals surface area contributed by atoms with E-state index < -0.39 is 0 Å². The van der Waals surface area contributed by atoms with Crippen molar-refractivity contribution in [1.82, 2.24) is 0 Å². The lowest BCUT2D eigenvalue weighted by Gasteiger charge is -2.21. The molecule has 1 nitrogen and oxygen atoms in total. The van der Waals surface area contributed by atoms with Crippen LogP contribution in [0.4, 0.5) is 0 Å². The van der Waals surface area contributed by atoms with Crippen molar-refractivity contribution in [3.8, 4) is 5.75 Å². The summed E-state index contributed by atoms with van der Waals surface area (Å²) < 4.78 is 1.05. The average Bonchev–Trinajstić information content (AvgIpc) is 1.94. The molecule has 0 aliphatic carbocycles. The number of phenolic OH excluding ortho intramolecular Hbond substituents is 1. The largest absolute Gasteiger partial charge is 0.506 e. The van der Waals surface area contributed by atoms with Crippen LogP contribution in [0.25, 0.3) is 0 Å². The number of hydrogen-bond donors (Lipinski definition) is 1. The lowest BCUT2D eigenvalue weighted by molar-refractivity contribution is 0.447. The van der Waals surface area contributed by atoms with Crippen LogP contribution in [0.15, 0.2) is 12.1 Å². The van der Waals surface area contributed by atoms with Crippen molar-refractivity contribution in [2.45, 2.75) is 26.2 Å². The molecule has 0 saturated carbocycles. The van der Waals surface area contributed by atoms with E-state index in [9.17, 15) is 5.11 Å². The van der Waals surface area contributed by atoms with Gasteiger partial charge in [0.25, 0.3) is 0 Å². The average molecular weight is 311 g/mol. The molecule has 0 heterocycles. The highest BCUT2D eigenvalue weighted by molar-refractivity contribution is 14.1. The van der Waals surface area contributed by atoms with Crippen LogP contribution >= 0.6 is 34.2 Å². The highest BCUT2D eigenvalue weighted by Crippen LogP contribution is 2.37. The van der Waals surface area contributed by atoms with E-state index in [0.29, 0.717) is 5.02 Å². The van der Waals surface area contributed by atoms with Crippen LogP contribution in [0.5, 0.6) is 5.75 Å². The Labute approximate surface area is 97.3 Å². The van der Waals surface area contributed by atoms with E-state index in [1.165, 1.54) is 0 Å². The minimum Gasteiger partial charge on any atom is -0.506 e. The maximum absolute atomic E-state index is 9.72. The predicted octanol–water partition coefficient (Wildman–Crippen LogP) is 3.95. The molecule has 1 rings (SSSR count). The molecule has 0 radical (unpaired) electrons. The van der Waals surface area contributed by atoms with E-state index >= 15 is 0 Å². The summed E-state index contributed by atoms with van der Waals surface area (Å²) in [4.78, 5) is 0. The molecule has 1 N–H and O–H groups in total. The quantitative estimate of drug-likeness (QED) is 0.720. The topological polar surface area (TPSA) is 20.2 Å². The molecule has 0 bridgehead atoms. The van der Waals surface area contributed by atoms with Crippen molar-refractivity contribution in [2.75, 3.05) is 0 Å². The van der Waals surface area contributed by atoms with Gasteiger partial charge in [-0.2, -0.15) is 0 Å². The van der Waals surface area contributed by atoms with E-state index in [1.807, 2.05) is 6.07 Å². The Balaban J connectivity index is 3.37. The normalized spacial score (nSPS) is 11.8. The van der Waals surface area contributed by atoms with Gasteiger partial charge in [0.15, 0.2) is 0 Å². The molecule has 0 aliphatic rings. The number of benzene rings is 1. The maximum Gasteiger partial charge on any atom is 0.137 e. The Morgan fingerprint density at radius 1 is 1.31 bits per heavy atom. The number of rotatable bonds is 0. The first-order chi connectivity index (χ1) is 5.82. The third kappa shape index (κ3) is 2.50. The predicted molar refractivity (Wildman–Crippen MR) is 64.5 cm³/mol. The van der Waals surface area contributed by atoms with Gasteiger partial charge in [-0.15, -0.1) is 0 Å². The Morgan fingerprint density at radius 3 is 2.31 bits per heavy atom. The van der Waals surface area contributed by atoms with Crippen molar-refractivity contribution in [2.24, 2.45) is 0 Å². The molecule has 1 aromatic carbocycles. The van der Waals surface area contributed by atoms with Gasteiger partial charge < -0.3 is 5.11 Å². The molecule has 0 atom stereocenters. The molecular weight excluding hydrogens is 298 g/mol. The highest BCUT2D eigenvalue weighted by atomic mass is 127. The minimum absolute atomic E-state index is 0.0745. The first kappa shape index (κ1) is 11.1. The van der Waals surface area contributed by atoms with Gasteiger partial charge in [-0.05, 0) is 40.1 Å². The van der Waals surface area contributed by atoms with E-state index in [-0.39, 0.29) is 11.2 Å². The second-order valence-electron chi connectivity index (χ2n) is 4.03. The lowest BCUT2D eigenvalue weighted by Crippen LogP contribution is -2.11. The van der Waals surface area contributed by atoms with Crippen molar-refractivity contribution in [3.05, 3.63) is 26.3 Å². The molecular formula is C10H12ClIO. The van der Waals surface area contributed by atoms with Gasteiger partial charge in [0.2, 0.25) is 0 Å². The summed E-state index contributed by atoms with van der Waals surface area (Å²) in [6.45, 7) is 6.15. The third-order valence-electron chi connectivity index (χ3n) is 1.84. The first-order valence-electron chi connectivity index (χ1n) is 4.01. The fourth-order valence-electron chi connectivity index (χ4n) is 1.14. The van der Waals surface area contributed by atoms with Crippen molar-refractivity contribution in [1.29, 1.82) is 0 Å². The van der Waals surface area contributed by atoms with Crippen molar-refractivity contribution >= 4 is 34.2 Å². The van der Waals surface area contributed by atoms with Gasteiger partial charge in [-0.3, -0.25) is 0 Å². The number of aromatic hydroxyl groups is 1. The fourth-order valence-corrected chi connectivity index (χ4v) is 2.16. The first-order valence-corrected chi connectivity index (χ1v) is 5.46. The lowest BCUT2D eigenvalue weighted by atomic mass is 9.86. The van der Waals surface area contributed by atoms with Crippen LogP contribution in [-0.2, 0) is 5.41 Å². The summed E-state index contributed by atoms with van der Waals surface area (Å²) in [7, 11) is 0. The fraction of sp³-hybridized carbons (Fsp3) is 0.400. The zero-order valence-corrected chi connectivity index (χ0v) is 10.8. The molecule has 0 fully saturated rings. The Bertz CT molecular complexity index is 328. The summed E-state index contributed by atoms with van der Waals surface area (Å²) in [6, 6.07) is 3.72. The van der Waals surface area contributed by atoms with Gasteiger partial charge in [0.05, 0.1) is 5.02 Å². The standard InChI is InChI=1S/C10H12ClIO/c1-10(2,3)7-4-6(12)5-8(11)9(7)13/h4-5,13H,1-3H3. The molecule has 0 saturated heterocycles. The van der Waals surface area contributed by atoms with Crippen LogP contribution in [0.3, 0.4) is 0 Å². The van der Waals surface area contributed by atoms with E-state index in [4.69, 9.17) is 11.6 Å². The SMILES string of the molecule is CC(C)(C)c1cc(I)cc(Cl)c1O. The summed E-state index contributed by atoms with van der Waals surface area (Å²) in [5.41, 5.74) is 0.818. The Hall–Kier alpha value is 0.0400. The monoisotopic (exact) mass is 310 g/mol. The van der Waals surface area contributed by atoms with Gasteiger partial charge in [0.1, 0.15) is 5.75 Å². The molecule has 0 unspecified atom stereocenters. The minimum atomic E-state index is -0.0745. The van der Waals surface area contributed by atoms with E-state index in [0.717, 1.165) is 9.13 Å². The smallest absolute Gasteiger partial charge is 0.137 e. The number of phenols is 1. The zero-order chi connectivity index (χ0) is 10.2. The van der Waals surface area contributed by atoms with Gasteiger partial charge in [-0.25, -0.2) is 0 Å². The second kappa shape index (κ2) is 3.65. The molecule has 1 aromatic rings. The summed E-state index contributed by atoms with van der Waals surface area (Å²) in [5.74, 6) is 0.203. The second-order valence-corrected chi connectivity index (χ2v) is 5.69.